The number of aromatic hydroxyl groups is 1. The third kappa shape index (κ3) is 5.59. The molecule has 3 aromatic rings. The molecule has 0 saturated carbocycles. The number of piperidine rings is 1. The number of aromatic nitrogens is 3. The Hall–Kier alpha value is -3.12. The zero-order valence-corrected chi connectivity index (χ0v) is 20.0. The highest BCUT2D eigenvalue weighted by molar-refractivity contribution is 7.10. The van der Waals surface area contributed by atoms with E-state index < -0.39 is 17.8 Å². The summed E-state index contributed by atoms with van der Waals surface area (Å²) in [5.41, 5.74) is -0.712. The zero-order valence-electron chi connectivity index (χ0n) is 18.5. The van der Waals surface area contributed by atoms with Crippen molar-refractivity contribution in [3.8, 4) is 5.75 Å². The van der Waals surface area contributed by atoms with E-state index in [0.29, 0.717) is 31.7 Å². The van der Waals surface area contributed by atoms with E-state index in [2.05, 4.69) is 15.4 Å². The Morgan fingerprint density at radius 1 is 1.29 bits per heavy atom. The molecule has 2 amide bonds. The number of aryl methyl sites for hydroxylation is 1. The van der Waals surface area contributed by atoms with E-state index in [1.807, 2.05) is 0 Å². The lowest BCUT2D eigenvalue weighted by Gasteiger charge is -2.31. The molecule has 186 valence electrons. The quantitative estimate of drug-likeness (QED) is 0.501. The van der Waals surface area contributed by atoms with Gasteiger partial charge in [0.2, 0.25) is 5.91 Å². The predicted octanol–water partition coefficient (Wildman–Crippen LogP) is 4.68. The van der Waals surface area contributed by atoms with Gasteiger partial charge in [-0.2, -0.15) is 18.3 Å². The number of likely N-dealkylation sites (tertiary alicyclic amines) is 1. The summed E-state index contributed by atoms with van der Waals surface area (Å²) in [6.07, 6.45) is -3.29. The molecule has 3 heterocycles. The Labute approximate surface area is 207 Å². The average Bonchev–Trinajstić information content (AvgIpc) is 3.42. The molecule has 0 radical (unpaired) electrons. The number of benzene rings is 1. The lowest BCUT2D eigenvalue weighted by Crippen LogP contribution is -2.40. The largest absolute Gasteiger partial charge is 0.506 e. The second-order valence-electron chi connectivity index (χ2n) is 8.14. The molecule has 1 aromatic carbocycles. The number of hydrogen-bond acceptors (Lipinski definition) is 6. The van der Waals surface area contributed by atoms with Gasteiger partial charge in [0.1, 0.15) is 18.1 Å². The van der Waals surface area contributed by atoms with E-state index in [9.17, 15) is 27.9 Å². The highest BCUT2D eigenvalue weighted by Gasteiger charge is 2.35. The number of nitrogens with zero attached hydrogens (tertiary/aromatic N) is 4. The second kappa shape index (κ2) is 9.86. The average molecular weight is 528 g/mol. The molecule has 2 N–H and O–H groups in total. The van der Waals surface area contributed by atoms with Crippen LogP contribution in [0.2, 0.25) is 5.02 Å². The second-order valence-corrected chi connectivity index (χ2v) is 9.44. The number of para-hydroxylation sites is 1. The molecule has 1 saturated heterocycles. The Morgan fingerprint density at radius 2 is 2.00 bits per heavy atom. The molecule has 0 unspecified atom stereocenters. The van der Waals surface area contributed by atoms with Gasteiger partial charge in [0, 0.05) is 30.1 Å². The van der Waals surface area contributed by atoms with Crippen LogP contribution >= 0.6 is 22.9 Å². The molecule has 13 heteroatoms. The number of anilines is 1. The molecule has 0 spiro atoms. The molecular weight excluding hydrogens is 507 g/mol. The molecule has 1 fully saturated rings. The number of alkyl halides is 3. The molecule has 1 aliphatic rings. The van der Waals surface area contributed by atoms with Gasteiger partial charge in [0.15, 0.2) is 5.69 Å². The van der Waals surface area contributed by atoms with Crippen molar-refractivity contribution < 1.29 is 27.9 Å². The van der Waals surface area contributed by atoms with Crippen molar-refractivity contribution in [1.82, 2.24) is 19.7 Å². The van der Waals surface area contributed by atoms with Crippen LogP contribution in [0.15, 0.2) is 29.6 Å². The molecule has 35 heavy (non-hydrogen) atoms. The first-order chi connectivity index (χ1) is 16.5. The molecular formula is C22H21ClF3N5O3S. The molecule has 8 nitrogen and oxygen atoms in total. The summed E-state index contributed by atoms with van der Waals surface area (Å²) >= 11 is 7.23. The van der Waals surface area contributed by atoms with Crippen molar-refractivity contribution >= 4 is 40.6 Å². The van der Waals surface area contributed by atoms with Gasteiger partial charge in [-0.25, -0.2) is 4.98 Å². The first-order valence-electron chi connectivity index (χ1n) is 10.7. The van der Waals surface area contributed by atoms with E-state index in [-0.39, 0.29) is 40.4 Å². The van der Waals surface area contributed by atoms with Crippen molar-refractivity contribution in [1.29, 1.82) is 0 Å². The summed E-state index contributed by atoms with van der Waals surface area (Å²) in [7, 11) is 0. The SMILES string of the molecule is Cc1cc(C(F)(F)F)nn1CC(=O)N1CCC(c2nc(NC(=O)c3cccc(Cl)c3O)cs2)CC1. The number of hydrogen-bond donors (Lipinski definition) is 2. The van der Waals surface area contributed by atoms with Gasteiger partial charge in [-0.05, 0) is 38.0 Å². The standard InChI is InChI=1S/C22H21ClF3N5O3S/c1-12-9-16(22(24,25)26)29-31(12)10-18(32)30-7-5-13(6-8-30)21-28-17(11-35-21)27-20(34)14-3-2-4-15(23)19(14)33/h2-4,9,11,13,33H,5-8,10H2,1H3,(H,27,34). The Kier molecular flexibility index (Phi) is 7.04. The number of carbonyl (C=O) groups excluding carboxylic acids is 2. The number of rotatable bonds is 5. The van der Waals surface area contributed by atoms with Gasteiger partial charge in [-0.15, -0.1) is 11.3 Å². The molecule has 0 atom stereocenters. The fraction of sp³-hybridized carbons (Fsp3) is 0.364. The van der Waals surface area contributed by atoms with Crippen LogP contribution in [-0.4, -0.2) is 49.7 Å². The monoisotopic (exact) mass is 527 g/mol. The van der Waals surface area contributed by atoms with Crippen LogP contribution in [0.3, 0.4) is 0 Å². The maximum Gasteiger partial charge on any atom is 0.435 e. The Bertz CT molecular complexity index is 1250. The van der Waals surface area contributed by atoms with Crippen molar-refractivity contribution in [2.45, 2.75) is 38.4 Å². The van der Waals surface area contributed by atoms with Gasteiger partial charge in [-0.3, -0.25) is 14.3 Å². The number of thiazole rings is 1. The van der Waals surface area contributed by atoms with Crippen LogP contribution in [0.5, 0.6) is 5.75 Å². The molecule has 1 aliphatic heterocycles. The van der Waals surface area contributed by atoms with Crippen molar-refractivity contribution in [2.24, 2.45) is 0 Å². The van der Waals surface area contributed by atoms with Crippen LogP contribution in [-0.2, 0) is 17.5 Å². The third-order valence-corrected chi connectivity index (χ3v) is 7.06. The number of nitrogens with one attached hydrogen (secondary N) is 1. The maximum absolute atomic E-state index is 12.9. The summed E-state index contributed by atoms with van der Waals surface area (Å²) in [6.45, 7) is 2.10. The summed E-state index contributed by atoms with van der Waals surface area (Å²) in [5.74, 6) is -0.708. The van der Waals surface area contributed by atoms with Gasteiger partial charge in [-0.1, -0.05) is 17.7 Å². The lowest BCUT2D eigenvalue weighted by atomic mass is 9.97. The topological polar surface area (TPSA) is 100 Å². The van der Waals surface area contributed by atoms with Gasteiger partial charge in [0.25, 0.3) is 5.91 Å². The first kappa shape index (κ1) is 25.0. The van der Waals surface area contributed by atoms with E-state index in [0.717, 1.165) is 15.8 Å². The van der Waals surface area contributed by atoms with Crippen molar-refractivity contribution in [2.75, 3.05) is 18.4 Å². The molecule has 2 aromatic heterocycles. The lowest BCUT2D eigenvalue weighted by molar-refractivity contribution is -0.142. The minimum Gasteiger partial charge on any atom is -0.506 e. The predicted molar refractivity (Wildman–Crippen MR) is 124 cm³/mol. The molecule has 4 rings (SSSR count). The minimum atomic E-state index is -4.56. The number of phenols is 1. The number of carbonyl (C=O) groups is 2. The summed E-state index contributed by atoms with van der Waals surface area (Å²) < 4.78 is 39.6. The van der Waals surface area contributed by atoms with E-state index in [4.69, 9.17) is 11.6 Å². The van der Waals surface area contributed by atoms with Crippen LogP contribution in [0.1, 0.15) is 45.5 Å². The van der Waals surface area contributed by atoms with E-state index >= 15 is 0 Å². The fourth-order valence-corrected chi connectivity index (χ4v) is 4.93. The van der Waals surface area contributed by atoms with Crippen LogP contribution in [0.25, 0.3) is 0 Å². The Balaban J connectivity index is 1.32. The Morgan fingerprint density at radius 3 is 2.66 bits per heavy atom. The number of halogens is 4. The van der Waals surface area contributed by atoms with Crippen LogP contribution in [0, 0.1) is 6.92 Å². The summed E-state index contributed by atoms with van der Waals surface area (Å²) in [4.78, 5) is 31.2. The van der Waals surface area contributed by atoms with Crippen LogP contribution in [0.4, 0.5) is 19.0 Å². The smallest absolute Gasteiger partial charge is 0.435 e. The summed E-state index contributed by atoms with van der Waals surface area (Å²) in [5, 5.41) is 18.7. The van der Waals surface area contributed by atoms with Crippen molar-refractivity contribution in [3.63, 3.8) is 0 Å². The third-order valence-electron chi connectivity index (χ3n) is 5.75. The minimum absolute atomic E-state index is 0.0358. The number of phenolic OH excluding ortho intramolecular Hbond substituents is 1. The van der Waals surface area contributed by atoms with Gasteiger partial charge in [0.05, 0.1) is 15.6 Å². The molecule has 0 aliphatic carbocycles. The fourth-order valence-electron chi connectivity index (χ4n) is 3.83. The maximum atomic E-state index is 12.9. The molecule has 0 bridgehead atoms. The first-order valence-corrected chi connectivity index (χ1v) is 11.9. The number of amides is 2. The normalized spacial score (nSPS) is 14.8. The highest BCUT2D eigenvalue weighted by atomic mass is 35.5. The van der Waals surface area contributed by atoms with Crippen LogP contribution < -0.4 is 5.32 Å². The zero-order chi connectivity index (χ0) is 25.3. The summed E-state index contributed by atoms with van der Waals surface area (Å²) in [6, 6.07) is 5.40. The van der Waals surface area contributed by atoms with E-state index in [1.54, 1.807) is 16.3 Å². The van der Waals surface area contributed by atoms with Gasteiger partial charge < -0.3 is 15.3 Å². The highest BCUT2D eigenvalue weighted by Crippen LogP contribution is 2.33. The van der Waals surface area contributed by atoms with E-state index in [1.165, 1.54) is 30.4 Å². The van der Waals surface area contributed by atoms with Gasteiger partial charge >= 0.3 is 6.18 Å². The van der Waals surface area contributed by atoms with Crippen molar-refractivity contribution in [3.05, 3.63) is 56.6 Å².